The van der Waals surface area contributed by atoms with Gasteiger partial charge in [-0.05, 0) is 43.0 Å². The highest BCUT2D eigenvalue weighted by molar-refractivity contribution is 5.39. The summed E-state index contributed by atoms with van der Waals surface area (Å²) in [5.41, 5.74) is 8.77. The highest BCUT2D eigenvalue weighted by Crippen LogP contribution is 2.26. The minimum Gasteiger partial charge on any atom is -0.493 e. The third-order valence-electron chi connectivity index (χ3n) is 4.71. The topological polar surface area (TPSA) is 38.5 Å². The number of fused-ring (bicyclic) bond motifs is 1. The first-order chi connectivity index (χ1) is 9.86. The van der Waals surface area contributed by atoms with Gasteiger partial charge in [-0.15, -0.1) is 0 Å². The molecule has 1 aromatic carbocycles. The molecule has 1 fully saturated rings. The molecule has 1 atom stereocenters. The molecule has 20 heavy (non-hydrogen) atoms. The van der Waals surface area contributed by atoms with Crippen LogP contribution in [0.2, 0.25) is 0 Å². The molecule has 0 amide bonds. The Morgan fingerprint density at radius 3 is 3.10 bits per heavy atom. The van der Waals surface area contributed by atoms with Crippen LogP contribution in [0.25, 0.3) is 0 Å². The molecule has 0 aliphatic carbocycles. The van der Waals surface area contributed by atoms with Gasteiger partial charge in [-0.3, -0.25) is 4.90 Å². The van der Waals surface area contributed by atoms with E-state index in [9.17, 15) is 0 Å². The van der Waals surface area contributed by atoms with Gasteiger partial charge in [0, 0.05) is 25.6 Å². The number of likely N-dealkylation sites (tertiary alicyclic amines) is 1. The number of benzene rings is 1. The zero-order valence-corrected chi connectivity index (χ0v) is 12.3. The Morgan fingerprint density at radius 2 is 2.20 bits per heavy atom. The van der Waals surface area contributed by atoms with E-state index in [1.807, 2.05) is 0 Å². The van der Waals surface area contributed by atoms with E-state index in [-0.39, 0.29) is 0 Å². The lowest BCUT2D eigenvalue weighted by molar-refractivity contribution is 0.207. The lowest BCUT2D eigenvalue weighted by atomic mass is 10.1. The van der Waals surface area contributed by atoms with Crippen LogP contribution in [-0.4, -0.2) is 37.2 Å². The second-order valence-electron chi connectivity index (χ2n) is 6.07. The maximum Gasteiger partial charge on any atom is 0.122 e. The van der Waals surface area contributed by atoms with E-state index in [2.05, 4.69) is 23.1 Å². The van der Waals surface area contributed by atoms with Crippen molar-refractivity contribution in [3.8, 4) is 5.75 Å². The van der Waals surface area contributed by atoms with E-state index in [0.717, 1.165) is 38.3 Å². The van der Waals surface area contributed by atoms with Gasteiger partial charge in [0.05, 0.1) is 6.61 Å². The van der Waals surface area contributed by atoms with E-state index in [0.29, 0.717) is 6.04 Å². The van der Waals surface area contributed by atoms with Crippen LogP contribution in [0.15, 0.2) is 18.2 Å². The summed E-state index contributed by atoms with van der Waals surface area (Å²) in [5.74, 6) is 1.09. The molecule has 0 spiro atoms. The fourth-order valence-electron chi connectivity index (χ4n) is 3.47. The summed E-state index contributed by atoms with van der Waals surface area (Å²) in [5, 5.41) is 0. The van der Waals surface area contributed by atoms with Crippen molar-refractivity contribution >= 4 is 0 Å². The van der Waals surface area contributed by atoms with Gasteiger partial charge in [0.1, 0.15) is 5.75 Å². The average molecular weight is 274 g/mol. The molecule has 2 aliphatic rings. The number of ether oxygens (including phenoxy) is 1. The molecule has 0 aromatic heterocycles. The highest BCUT2D eigenvalue weighted by atomic mass is 16.5. The summed E-state index contributed by atoms with van der Waals surface area (Å²) in [7, 11) is 0. The Hall–Kier alpha value is -1.06. The number of hydrogen-bond donors (Lipinski definition) is 1. The van der Waals surface area contributed by atoms with E-state index < -0.39 is 0 Å². The molecule has 0 saturated carbocycles. The molecule has 2 heterocycles. The Bertz CT molecular complexity index is 447. The third kappa shape index (κ3) is 3.15. The second-order valence-corrected chi connectivity index (χ2v) is 6.07. The molecule has 1 unspecified atom stereocenters. The summed E-state index contributed by atoms with van der Waals surface area (Å²) in [6, 6.07) is 7.28. The molecule has 110 valence electrons. The first kappa shape index (κ1) is 13.9. The third-order valence-corrected chi connectivity index (χ3v) is 4.71. The van der Waals surface area contributed by atoms with E-state index in [1.54, 1.807) is 0 Å². The molecule has 3 rings (SSSR count). The normalized spacial score (nSPS) is 23.1. The first-order valence-electron chi connectivity index (χ1n) is 8.05. The summed E-state index contributed by atoms with van der Waals surface area (Å²) in [6.07, 6.45) is 7.50. The molecule has 3 nitrogen and oxygen atoms in total. The zero-order valence-electron chi connectivity index (χ0n) is 12.3. The fraction of sp³-hybridized carbons (Fsp3) is 0.647. The Balaban J connectivity index is 1.60. The number of rotatable bonds is 4. The highest BCUT2D eigenvalue weighted by Gasteiger charge is 2.19. The number of nitrogens with two attached hydrogens (primary N) is 1. The molecule has 1 saturated heterocycles. The van der Waals surface area contributed by atoms with Gasteiger partial charge in [-0.25, -0.2) is 0 Å². The van der Waals surface area contributed by atoms with Gasteiger partial charge in [0.25, 0.3) is 0 Å². The molecule has 2 aliphatic heterocycles. The van der Waals surface area contributed by atoms with Crippen LogP contribution < -0.4 is 10.5 Å². The quantitative estimate of drug-likeness (QED) is 0.916. The molecular formula is C17H26N2O. The van der Waals surface area contributed by atoms with Gasteiger partial charge in [0.2, 0.25) is 0 Å². The van der Waals surface area contributed by atoms with Crippen LogP contribution in [-0.2, 0) is 12.8 Å². The van der Waals surface area contributed by atoms with Gasteiger partial charge in [0.15, 0.2) is 0 Å². The van der Waals surface area contributed by atoms with Gasteiger partial charge < -0.3 is 10.5 Å². The summed E-state index contributed by atoms with van der Waals surface area (Å²) in [4.78, 5) is 2.61. The summed E-state index contributed by atoms with van der Waals surface area (Å²) < 4.78 is 5.57. The van der Waals surface area contributed by atoms with Crippen LogP contribution in [0.5, 0.6) is 5.75 Å². The van der Waals surface area contributed by atoms with Crippen molar-refractivity contribution in [2.24, 2.45) is 5.73 Å². The van der Waals surface area contributed by atoms with Crippen LogP contribution in [0, 0.1) is 0 Å². The molecule has 3 heteroatoms. The molecule has 0 bridgehead atoms. The number of nitrogens with zero attached hydrogens (tertiary/aromatic N) is 1. The maximum atomic E-state index is 5.95. The van der Waals surface area contributed by atoms with Crippen molar-refractivity contribution in [1.82, 2.24) is 4.90 Å². The molecule has 0 radical (unpaired) electrons. The van der Waals surface area contributed by atoms with E-state index in [1.165, 1.54) is 43.4 Å². The van der Waals surface area contributed by atoms with Crippen LogP contribution in [0.3, 0.4) is 0 Å². The minimum absolute atomic E-state index is 0.593. The molecule has 2 N–H and O–H groups in total. The van der Waals surface area contributed by atoms with Crippen LogP contribution in [0.4, 0.5) is 0 Å². The predicted molar refractivity (Wildman–Crippen MR) is 82.2 cm³/mol. The fourth-order valence-corrected chi connectivity index (χ4v) is 3.47. The lowest BCUT2D eigenvalue weighted by Gasteiger charge is -2.28. The van der Waals surface area contributed by atoms with Crippen molar-refractivity contribution in [3.05, 3.63) is 29.3 Å². The van der Waals surface area contributed by atoms with E-state index in [4.69, 9.17) is 10.5 Å². The smallest absolute Gasteiger partial charge is 0.122 e. The Labute approximate surface area is 122 Å². The minimum atomic E-state index is 0.593. The summed E-state index contributed by atoms with van der Waals surface area (Å²) in [6.45, 7) is 4.01. The van der Waals surface area contributed by atoms with Crippen LogP contribution in [0.1, 0.15) is 36.8 Å². The van der Waals surface area contributed by atoms with Gasteiger partial charge in [-0.1, -0.05) is 25.0 Å². The first-order valence-corrected chi connectivity index (χ1v) is 8.05. The SMILES string of the molecule is NCC1CCCCCN1CCc1ccc2c(c1)CCO2. The lowest BCUT2D eigenvalue weighted by Crippen LogP contribution is -2.41. The van der Waals surface area contributed by atoms with Crippen LogP contribution >= 0.6 is 0 Å². The Morgan fingerprint density at radius 1 is 1.25 bits per heavy atom. The molecule has 1 aromatic rings. The largest absolute Gasteiger partial charge is 0.493 e. The van der Waals surface area contributed by atoms with Crippen molar-refractivity contribution < 1.29 is 4.74 Å². The van der Waals surface area contributed by atoms with Gasteiger partial charge >= 0.3 is 0 Å². The van der Waals surface area contributed by atoms with Gasteiger partial charge in [-0.2, -0.15) is 0 Å². The molecular weight excluding hydrogens is 248 g/mol. The summed E-state index contributed by atoms with van der Waals surface area (Å²) >= 11 is 0. The Kier molecular flexibility index (Phi) is 4.58. The predicted octanol–water partition coefficient (Wildman–Crippen LogP) is 2.37. The van der Waals surface area contributed by atoms with Crippen molar-refractivity contribution in [2.45, 2.75) is 44.6 Å². The average Bonchev–Trinajstić information content (AvgIpc) is 2.82. The van der Waals surface area contributed by atoms with Crippen molar-refractivity contribution in [2.75, 3.05) is 26.2 Å². The zero-order chi connectivity index (χ0) is 13.8. The standard InChI is InChI=1S/C17H26N2O/c18-13-16-4-2-1-3-9-19(16)10-7-14-5-6-17-15(12-14)8-11-20-17/h5-6,12,16H,1-4,7-11,13,18H2. The maximum absolute atomic E-state index is 5.95. The second kappa shape index (κ2) is 6.59. The number of hydrogen-bond acceptors (Lipinski definition) is 3. The van der Waals surface area contributed by atoms with Crippen molar-refractivity contribution in [1.29, 1.82) is 0 Å². The monoisotopic (exact) mass is 274 g/mol. The van der Waals surface area contributed by atoms with Crippen molar-refractivity contribution in [3.63, 3.8) is 0 Å². The van der Waals surface area contributed by atoms with E-state index >= 15 is 0 Å².